The number of carbonyl (C=O) groups is 1. The van der Waals surface area contributed by atoms with Gasteiger partial charge in [-0.3, -0.25) is 9.69 Å². The van der Waals surface area contributed by atoms with Crippen LogP contribution in [0.15, 0.2) is 24.3 Å². The Labute approximate surface area is 204 Å². The van der Waals surface area contributed by atoms with Gasteiger partial charge in [0.25, 0.3) is 0 Å². The Morgan fingerprint density at radius 3 is 2.42 bits per heavy atom. The Hall–Kier alpha value is -1.99. The standard InChI is InChI=1S/C26H41N5OS/c1-3-4-5-6-7-8-9-10-25(32)27-15-16-30-17-19-31(20-18-30)26-28-24(29-33-26)21-23-13-11-22(2)12-14-23/h11-14H,3-10,15-21H2,1-2H3,(H,27,32). The predicted molar refractivity (Wildman–Crippen MR) is 138 cm³/mol. The van der Waals surface area contributed by atoms with E-state index in [9.17, 15) is 4.79 Å². The Morgan fingerprint density at radius 2 is 1.70 bits per heavy atom. The van der Waals surface area contributed by atoms with Crippen molar-refractivity contribution in [3.05, 3.63) is 41.2 Å². The topological polar surface area (TPSA) is 61.4 Å². The summed E-state index contributed by atoms with van der Waals surface area (Å²) in [5.74, 6) is 1.11. The largest absolute Gasteiger partial charge is 0.355 e. The lowest BCUT2D eigenvalue weighted by Gasteiger charge is -2.34. The van der Waals surface area contributed by atoms with Crippen molar-refractivity contribution < 1.29 is 4.79 Å². The van der Waals surface area contributed by atoms with Crippen LogP contribution < -0.4 is 10.2 Å². The molecule has 0 unspecified atom stereocenters. The van der Waals surface area contributed by atoms with Gasteiger partial charge in [-0.1, -0.05) is 75.3 Å². The molecular formula is C26H41N5OS. The van der Waals surface area contributed by atoms with Crippen LogP contribution in [0.4, 0.5) is 5.13 Å². The first kappa shape index (κ1) is 25.6. The molecule has 1 aromatic carbocycles. The van der Waals surface area contributed by atoms with Crippen LogP contribution in [0.1, 0.15) is 75.2 Å². The summed E-state index contributed by atoms with van der Waals surface area (Å²) in [6.07, 6.45) is 10.2. The number of nitrogens with zero attached hydrogens (tertiary/aromatic N) is 4. The van der Waals surface area contributed by atoms with Gasteiger partial charge in [-0.05, 0) is 18.9 Å². The highest BCUT2D eigenvalue weighted by atomic mass is 32.1. The fraction of sp³-hybridized carbons (Fsp3) is 0.654. The summed E-state index contributed by atoms with van der Waals surface area (Å²) in [6, 6.07) is 8.59. The monoisotopic (exact) mass is 471 g/mol. The van der Waals surface area contributed by atoms with Gasteiger partial charge >= 0.3 is 0 Å². The number of aromatic nitrogens is 2. The smallest absolute Gasteiger partial charge is 0.220 e. The first-order valence-corrected chi connectivity index (χ1v) is 13.5. The number of anilines is 1. The second-order valence-corrected chi connectivity index (χ2v) is 9.94. The van der Waals surface area contributed by atoms with Crippen LogP contribution in [0.3, 0.4) is 0 Å². The third-order valence-corrected chi connectivity index (χ3v) is 7.16. The van der Waals surface area contributed by atoms with E-state index in [4.69, 9.17) is 4.98 Å². The molecule has 1 fully saturated rings. The summed E-state index contributed by atoms with van der Waals surface area (Å²) in [5, 5.41) is 4.13. The van der Waals surface area contributed by atoms with Gasteiger partial charge in [0.15, 0.2) is 0 Å². The number of unbranched alkanes of at least 4 members (excludes halogenated alkanes) is 6. The molecule has 3 rings (SSSR count). The SMILES string of the molecule is CCCCCCCCCC(=O)NCCN1CCN(c2nc(Cc3ccc(C)cc3)ns2)CC1. The van der Waals surface area contributed by atoms with E-state index in [1.54, 1.807) is 0 Å². The zero-order chi connectivity index (χ0) is 23.3. The number of hydrogen-bond acceptors (Lipinski definition) is 6. The molecule has 1 aliphatic rings. The molecule has 1 aliphatic heterocycles. The Balaban J connectivity index is 1.26. The maximum atomic E-state index is 12.1. The average molecular weight is 472 g/mol. The molecule has 1 saturated heterocycles. The van der Waals surface area contributed by atoms with E-state index in [0.29, 0.717) is 6.42 Å². The summed E-state index contributed by atoms with van der Waals surface area (Å²) in [5.41, 5.74) is 2.53. The number of amides is 1. The number of carbonyl (C=O) groups excluding carboxylic acids is 1. The minimum Gasteiger partial charge on any atom is -0.355 e. The lowest BCUT2D eigenvalue weighted by molar-refractivity contribution is -0.121. The molecule has 0 saturated carbocycles. The second-order valence-electron chi connectivity index (χ2n) is 9.21. The van der Waals surface area contributed by atoms with Gasteiger partial charge in [0.1, 0.15) is 5.82 Å². The van der Waals surface area contributed by atoms with E-state index in [-0.39, 0.29) is 5.91 Å². The Kier molecular flexibility index (Phi) is 11.1. The van der Waals surface area contributed by atoms with Gasteiger partial charge < -0.3 is 10.2 Å². The van der Waals surface area contributed by atoms with Gasteiger partial charge in [-0.15, -0.1) is 0 Å². The molecule has 1 amide bonds. The highest BCUT2D eigenvalue weighted by Gasteiger charge is 2.20. The summed E-state index contributed by atoms with van der Waals surface area (Å²) in [7, 11) is 0. The van der Waals surface area contributed by atoms with Crippen LogP contribution in [-0.4, -0.2) is 59.4 Å². The third kappa shape index (κ3) is 9.41. The van der Waals surface area contributed by atoms with E-state index < -0.39 is 0 Å². The summed E-state index contributed by atoms with van der Waals surface area (Å²) >= 11 is 1.51. The fourth-order valence-electron chi connectivity index (χ4n) is 4.18. The molecule has 7 heteroatoms. The summed E-state index contributed by atoms with van der Waals surface area (Å²) in [4.78, 5) is 21.6. The number of benzene rings is 1. The van der Waals surface area contributed by atoms with E-state index in [1.165, 1.54) is 61.2 Å². The van der Waals surface area contributed by atoms with Crippen molar-refractivity contribution in [1.82, 2.24) is 19.6 Å². The zero-order valence-electron chi connectivity index (χ0n) is 20.5. The summed E-state index contributed by atoms with van der Waals surface area (Å²) in [6.45, 7) is 9.94. The molecule has 182 valence electrons. The van der Waals surface area contributed by atoms with E-state index in [0.717, 1.165) is 63.1 Å². The molecule has 2 heterocycles. The molecule has 1 aromatic heterocycles. The maximum Gasteiger partial charge on any atom is 0.220 e. The van der Waals surface area contributed by atoms with Crippen molar-refractivity contribution >= 4 is 22.6 Å². The molecule has 2 aromatic rings. The number of rotatable bonds is 14. The van der Waals surface area contributed by atoms with Crippen molar-refractivity contribution in [3.8, 4) is 0 Å². The molecule has 0 spiro atoms. The normalized spacial score (nSPS) is 14.5. The van der Waals surface area contributed by atoms with Crippen LogP contribution in [0.5, 0.6) is 0 Å². The molecule has 6 nitrogen and oxygen atoms in total. The number of hydrogen-bond donors (Lipinski definition) is 1. The highest BCUT2D eigenvalue weighted by Crippen LogP contribution is 2.20. The number of aryl methyl sites for hydroxylation is 1. The predicted octanol–water partition coefficient (Wildman–Crippen LogP) is 4.82. The molecule has 0 bridgehead atoms. The lowest BCUT2D eigenvalue weighted by Crippen LogP contribution is -2.48. The first-order chi connectivity index (χ1) is 16.1. The van der Waals surface area contributed by atoms with Crippen molar-refractivity contribution in [3.63, 3.8) is 0 Å². The maximum absolute atomic E-state index is 12.1. The first-order valence-electron chi connectivity index (χ1n) is 12.8. The fourth-order valence-corrected chi connectivity index (χ4v) is 4.92. The minimum absolute atomic E-state index is 0.206. The van der Waals surface area contributed by atoms with Gasteiger partial charge in [-0.2, -0.15) is 4.37 Å². The number of nitrogens with one attached hydrogen (secondary N) is 1. The van der Waals surface area contributed by atoms with Crippen LogP contribution in [0.2, 0.25) is 0 Å². The van der Waals surface area contributed by atoms with Crippen LogP contribution in [-0.2, 0) is 11.2 Å². The van der Waals surface area contributed by atoms with Crippen molar-refractivity contribution in [2.45, 2.75) is 71.6 Å². The average Bonchev–Trinajstić information content (AvgIpc) is 3.29. The van der Waals surface area contributed by atoms with Gasteiger partial charge in [0, 0.05) is 63.6 Å². The quantitative estimate of drug-likeness (QED) is 0.401. The van der Waals surface area contributed by atoms with Gasteiger partial charge in [0.05, 0.1) is 0 Å². The van der Waals surface area contributed by atoms with Crippen molar-refractivity contribution in [2.75, 3.05) is 44.2 Å². The third-order valence-electron chi connectivity index (χ3n) is 6.34. The van der Waals surface area contributed by atoms with Crippen molar-refractivity contribution in [1.29, 1.82) is 0 Å². The van der Waals surface area contributed by atoms with E-state index in [1.807, 2.05) is 0 Å². The van der Waals surface area contributed by atoms with Gasteiger partial charge in [-0.25, -0.2) is 4.98 Å². The Morgan fingerprint density at radius 1 is 1.00 bits per heavy atom. The van der Waals surface area contributed by atoms with E-state index >= 15 is 0 Å². The zero-order valence-corrected chi connectivity index (χ0v) is 21.3. The van der Waals surface area contributed by atoms with Gasteiger partial charge in [0.2, 0.25) is 11.0 Å². The minimum atomic E-state index is 0.206. The highest BCUT2D eigenvalue weighted by molar-refractivity contribution is 7.09. The molecular weight excluding hydrogens is 430 g/mol. The summed E-state index contributed by atoms with van der Waals surface area (Å²) < 4.78 is 4.57. The van der Waals surface area contributed by atoms with Crippen molar-refractivity contribution in [2.24, 2.45) is 0 Å². The molecule has 0 aliphatic carbocycles. The second kappa shape index (κ2) is 14.3. The number of piperazine rings is 1. The molecule has 33 heavy (non-hydrogen) atoms. The molecule has 0 radical (unpaired) electrons. The van der Waals surface area contributed by atoms with Crippen LogP contribution in [0.25, 0.3) is 0 Å². The van der Waals surface area contributed by atoms with E-state index in [2.05, 4.69) is 57.6 Å². The van der Waals surface area contributed by atoms with Crippen LogP contribution in [0, 0.1) is 6.92 Å². The van der Waals surface area contributed by atoms with Crippen LogP contribution >= 0.6 is 11.5 Å². The molecule has 0 atom stereocenters. The molecule has 1 N–H and O–H groups in total. The Bertz CT molecular complexity index is 814. The lowest BCUT2D eigenvalue weighted by atomic mass is 10.1.